The zero-order valence-electron chi connectivity index (χ0n) is 11.6. The first kappa shape index (κ1) is 13.4. The van der Waals surface area contributed by atoms with Crippen molar-refractivity contribution in [1.82, 2.24) is 9.88 Å². The first-order valence-electron chi connectivity index (χ1n) is 6.99. The SMILES string of the molecule is O=C(c1ncccc1O)N1CCN(c2ccccc2)CC1. The van der Waals surface area contributed by atoms with Crippen LogP contribution >= 0.6 is 0 Å². The van der Waals surface area contributed by atoms with Gasteiger partial charge in [-0.1, -0.05) is 18.2 Å². The molecule has 1 saturated heterocycles. The number of nitrogens with zero attached hydrogens (tertiary/aromatic N) is 3. The molecule has 1 N–H and O–H groups in total. The topological polar surface area (TPSA) is 56.7 Å². The zero-order valence-corrected chi connectivity index (χ0v) is 11.6. The van der Waals surface area contributed by atoms with E-state index in [-0.39, 0.29) is 17.4 Å². The average Bonchev–Trinajstić information content (AvgIpc) is 2.56. The Morgan fingerprint density at radius 2 is 1.71 bits per heavy atom. The maximum atomic E-state index is 12.3. The van der Waals surface area contributed by atoms with Crippen molar-refractivity contribution in [2.24, 2.45) is 0 Å². The summed E-state index contributed by atoms with van der Waals surface area (Å²) in [6.45, 7) is 2.82. The van der Waals surface area contributed by atoms with E-state index in [1.165, 1.54) is 18.0 Å². The van der Waals surface area contributed by atoms with Gasteiger partial charge in [0, 0.05) is 38.1 Å². The van der Waals surface area contributed by atoms with Crippen molar-refractivity contribution in [1.29, 1.82) is 0 Å². The molecule has 2 heterocycles. The Kier molecular flexibility index (Phi) is 3.73. The van der Waals surface area contributed by atoms with Gasteiger partial charge in [0.2, 0.25) is 0 Å². The molecular weight excluding hydrogens is 266 g/mol. The molecule has 0 radical (unpaired) electrons. The van der Waals surface area contributed by atoms with Crippen LogP contribution in [0.5, 0.6) is 5.75 Å². The molecular formula is C16H17N3O2. The second kappa shape index (κ2) is 5.83. The lowest BCUT2D eigenvalue weighted by Gasteiger charge is -2.36. The molecule has 1 aliphatic rings. The number of para-hydroxylation sites is 1. The fraction of sp³-hybridized carbons (Fsp3) is 0.250. The highest BCUT2D eigenvalue weighted by Gasteiger charge is 2.24. The number of carbonyl (C=O) groups is 1. The Morgan fingerprint density at radius 1 is 1.00 bits per heavy atom. The van der Waals surface area contributed by atoms with Crippen molar-refractivity contribution in [2.45, 2.75) is 0 Å². The number of rotatable bonds is 2. The Balaban J connectivity index is 1.66. The largest absolute Gasteiger partial charge is 0.505 e. The van der Waals surface area contributed by atoms with Crippen LogP contribution in [0.2, 0.25) is 0 Å². The van der Waals surface area contributed by atoms with Gasteiger partial charge in [0.1, 0.15) is 5.75 Å². The van der Waals surface area contributed by atoms with Crippen LogP contribution < -0.4 is 4.90 Å². The van der Waals surface area contributed by atoms with E-state index < -0.39 is 0 Å². The molecule has 5 nitrogen and oxygen atoms in total. The first-order valence-corrected chi connectivity index (χ1v) is 6.99. The molecule has 1 aromatic heterocycles. The zero-order chi connectivity index (χ0) is 14.7. The van der Waals surface area contributed by atoms with Crippen LogP contribution in [0.25, 0.3) is 0 Å². The monoisotopic (exact) mass is 283 g/mol. The number of aromatic nitrogens is 1. The molecule has 1 aliphatic heterocycles. The number of piperazine rings is 1. The van der Waals surface area contributed by atoms with Gasteiger partial charge in [-0.2, -0.15) is 0 Å². The fourth-order valence-electron chi connectivity index (χ4n) is 2.52. The van der Waals surface area contributed by atoms with Crippen molar-refractivity contribution in [3.8, 4) is 5.75 Å². The standard InChI is InChI=1S/C16H17N3O2/c20-14-7-4-8-17-15(14)16(21)19-11-9-18(10-12-19)13-5-2-1-3-6-13/h1-8,20H,9-12H2. The number of carbonyl (C=O) groups excluding carboxylic acids is 1. The van der Waals surface area contributed by atoms with E-state index in [9.17, 15) is 9.90 Å². The Labute approximate surface area is 123 Å². The lowest BCUT2D eigenvalue weighted by atomic mass is 10.2. The second-order valence-electron chi connectivity index (χ2n) is 4.99. The van der Waals surface area contributed by atoms with Crippen molar-refractivity contribution < 1.29 is 9.90 Å². The van der Waals surface area contributed by atoms with Crippen molar-refractivity contribution in [3.63, 3.8) is 0 Å². The van der Waals surface area contributed by atoms with E-state index in [0.717, 1.165) is 13.1 Å². The summed E-state index contributed by atoms with van der Waals surface area (Å²) in [5.41, 5.74) is 1.30. The Bertz CT molecular complexity index is 622. The summed E-state index contributed by atoms with van der Waals surface area (Å²) < 4.78 is 0. The number of hydrogen-bond acceptors (Lipinski definition) is 4. The van der Waals surface area contributed by atoms with Crippen molar-refractivity contribution >= 4 is 11.6 Å². The molecule has 1 aromatic carbocycles. The third kappa shape index (κ3) is 2.81. The summed E-state index contributed by atoms with van der Waals surface area (Å²) in [5.74, 6) is -0.270. The summed E-state index contributed by atoms with van der Waals surface area (Å²) in [7, 11) is 0. The smallest absolute Gasteiger partial charge is 0.276 e. The highest BCUT2D eigenvalue weighted by Crippen LogP contribution is 2.19. The highest BCUT2D eigenvalue weighted by atomic mass is 16.3. The quantitative estimate of drug-likeness (QED) is 0.912. The molecule has 108 valence electrons. The Hall–Kier alpha value is -2.56. The molecule has 21 heavy (non-hydrogen) atoms. The number of aromatic hydroxyl groups is 1. The van der Waals surface area contributed by atoms with E-state index in [2.05, 4.69) is 22.0 Å². The predicted molar refractivity (Wildman–Crippen MR) is 80.5 cm³/mol. The normalized spacial score (nSPS) is 15.0. The molecule has 3 rings (SSSR count). The minimum Gasteiger partial charge on any atom is -0.505 e. The van der Waals surface area contributed by atoms with E-state index in [1.54, 1.807) is 11.0 Å². The number of benzene rings is 1. The van der Waals surface area contributed by atoms with Crippen LogP contribution in [0.15, 0.2) is 48.7 Å². The third-order valence-corrected chi connectivity index (χ3v) is 3.68. The lowest BCUT2D eigenvalue weighted by Crippen LogP contribution is -2.49. The highest BCUT2D eigenvalue weighted by molar-refractivity contribution is 5.94. The molecule has 0 unspecified atom stereocenters. The van der Waals surface area contributed by atoms with E-state index in [1.807, 2.05) is 18.2 Å². The second-order valence-corrected chi connectivity index (χ2v) is 4.99. The number of amides is 1. The van der Waals surface area contributed by atoms with E-state index in [4.69, 9.17) is 0 Å². The summed E-state index contributed by atoms with van der Waals surface area (Å²) in [4.78, 5) is 20.3. The van der Waals surface area contributed by atoms with Gasteiger partial charge >= 0.3 is 0 Å². The molecule has 0 bridgehead atoms. The third-order valence-electron chi connectivity index (χ3n) is 3.68. The Morgan fingerprint density at radius 3 is 2.38 bits per heavy atom. The molecule has 0 aliphatic carbocycles. The lowest BCUT2D eigenvalue weighted by molar-refractivity contribution is 0.0737. The van der Waals surface area contributed by atoms with Gasteiger partial charge in [-0.25, -0.2) is 4.98 Å². The van der Waals surface area contributed by atoms with Gasteiger partial charge in [-0.3, -0.25) is 4.79 Å². The predicted octanol–water partition coefficient (Wildman–Crippen LogP) is 1.75. The number of anilines is 1. The van der Waals surface area contributed by atoms with Gasteiger partial charge in [-0.05, 0) is 24.3 Å². The van der Waals surface area contributed by atoms with Gasteiger partial charge in [0.15, 0.2) is 5.69 Å². The molecule has 0 saturated carbocycles. The summed E-state index contributed by atoms with van der Waals surface area (Å²) in [6, 6.07) is 13.3. The minimum absolute atomic E-state index is 0.0620. The van der Waals surface area contributed by atoms with Crippen LogP contribution in [0.1, 0.15) is 10.5 Å². The minimum atomic E-state index is -0.208. The van der Waals surface area contributed by atoms with Gasteiger partial charge in [0.05, 0.1) is 0 Å². The van der Waals surface area contributed by atoms with Crippen LogP contribution in [-0.2, 0) is 0 Å². The van der Waals surface area contributed by atoms with Crippen LogP contribution in [0, 0.1) is 0 Å². The van der Waals surface area contributed by atoms with Crippen LogP contribution in [0.3, 0.4) is 0 Å². The maximum Gasteiger partial charge on any atom is 0.276 e. The fourth-order valence-corrected chi connectivity index (χ4v) is 2.52. The number of hydrogen-bond donors (Lipinski definition) is 1. The molecule has 1 amide bonds. The van der Waals surface area contributed by atoms with Crippen LogP contribution in [0.4, 0.5) is 5.69 Å². The summed E-state index contributed by atoms with van der Waals surface area (Å²) in [6.07, 6.45) is 1.52. The summed E-state index contributed by atoms with van der Waals surface area (Å²) in [5, 5.41) is 9.72. The van der Waals surface area contributed by atoms with Crippen molar-refractivity contribution in [2.75, 3.05) is 31.1 Å². The van der Waals surface area contributed by atoms with Gasteiger partial charge in [0.25, 0.3) is 5.91 Å². The molecule has 2 aromatic rings. The molecule has 0 spiro atoms. The maximum absolute atomic E-state index is 12.3. The molecule has 5 heteroatoms. The average molecular weight is 283 g/mol. The summed E-state index contributed by atoms with van der Waals surface area (Å²) >= 11 is 0. The van der Waals surface area contributed by atoms with Crippen LogP contribution in [-0.4, -0.2) is 47.1 Å². The van der Waals surface area contributed by atoms with Gasteiger partial charge < -0.3 is 14.9 Å². The van der Waals surface area contributed by atoms with Crippen molar-refractivity contribution in [3.05, 3.63) is 54.4 Å². The van der Waals surface area contributed by atoms with E-state index in [0.29, 0.717) is 13.1 Å². The molecule has 0 atom stereocenters. The molecule has 1 fully saturated rings. The number of pyridine rings is 1. The van der Waals surface area contributed by atoms with Gasteiger partial charge in [-0.15, -0.1) is 0 Å². The first-order chi connectivity index (χ1) is 10.3. The van der Waals surface area contributed by atoms with E-state index >= 15 is 0 Å².